The van der Waals surface area contributed by atoms with Gasteiger partial charge in [0, 0.05) is 20.3 Å². The molecule has 3 aromatic rings. The van der Waals surface area contributed by atoms with E-state index in [4.69, 9.17) is 9.15 Å². The number of nitrogens with zero attached hydrogens (tertiary/aromatic N) is 1. The van der Waals surface area contributed by atoms with E-state index < -0.39 is 18.5 Å². The summed E-state index contributed by atoms with van der Waals surface area (Å²) >= 11 is 4.84. The highest BCUT2D eigenvalue weighted by Gasteiger charge is 2.25. The number of hydrogen-bond donors (Lipinski definition) is 1. The summed E-state index contributed by atoms with van der Waals surface area (Å²) < 4.78 is 11.6. The van der Waals surface area contributed by atoms with Crippen molar-refractivity contribution in [2.24, 2.45) is 5.92 Å². The number of aryl methyl sites for hydroxylation is 1. The van der Waals surface area contributed by atoms with Gasteiger partial charge in [0.05, 0.1) is 5.56 Å². The number of rotatable bonds is 4. The summed E-state index contributed by atoms with van der Waals surface area (Å²) in [5.41, 5.74) is 2.80. The first-order chi connectivity index (χ1) is 14.4. The molecule has 2 aromatic heterocycles. The summed E-state index contributed by atoms with van der Waals surface area (Å²) in [5.74, 6) is -0.535. The lowest BCUT2D eigenvalue weighted by atomic mass is 9.89. The fourth-order valence-electron chi connectivity index (χ4n) is 3.70. The molecule has 8 heteroatoms. The van der Waals surface area contributed by atoms with Gasteiger partial charge in [0.1, 0.15) is 16.7 Å². The van der Waals surface area contributed by atoms with E-state index in [1.807, 2.05) is 12.1 Å². The van der Waals surface area contributed by atoms with Crippen LogP contribution in [0.15, 0.2) is 27.1 Å². The number of carbonyl (C=O) groups is 2. The van der Waals surface area contributed by atoms with Gasteiger partial charge in [-0.25, -0.2) is 4.79 Å². The highest BCUT2D eigenvalue weighted by molar-refractivity contribution is 9.10. The lowest BCUT2D eigenvalue weighted by Gasteiger charge is -2.17. The normalized spacial score (nSPS) is 15.5. The number of nitriles is 1. The monoisotopic (exact) mass is 486 g/mol. The van der Waals surface area contributed by atoms with E-state index in [1.165, 1.54) is 11.3 Å². The number of fused-ring (bicyclic) bond motifs is 2. The molecule has 30 heavy (non-hydrogen) atoms. The van der Waals surface area contributed by atoms with Crippen LogP contribution in [-0.4, -0.2) is 18.5 Å². The minimum Gasteiger partial charge on any atom is -0.450 e. The molecule has 0 spiro atoms. The number of furan rings is 1. The van der Waals surface area contributed by atoms with Gasteiger partial charge in [-0.05, 0) is 55.9 Å². The van der Waals surface area contributed by atoms with E-state index in [0.29, 0.717) is 27.6 Å². The van der Waals surface area contributed by atoms with Gasteiger partial charge in [-0.3, -0.25) is 4.79 Å². The topological polar surface area (TPSA) is 92.3 Å². The number of carbonyl (C=O) groups excluding carboxylic acids is 2. The van der Waals surface area contributed by atoms with Crippen molar-refractivity contribution in [2.75, 3.05) is 11.9 Å². The number of amides is 1. The minimum absolute atomic E-state index is 0.0780. The van der Waals surface area contributed by atoms with Crippen molar-refractivity contribution < 1.29 is 18.7 Å². The van der Waals surface area contributed by atoms with Crippen molar-refractivity contribution in [1.29, 1.82) is 5.26 Å². The molecule has 4 rings (SSSR count). The van der Waals surface area contributed by atoms with Crippen LogP contribution in [0.2, 0.25) is 0 Å². The second-order valence-electron chi connectivity index (χ2n) is 7.49. The van der Waals surface area contributed by atoms with Gasteiger partial charge in [-0.15, -0.1) is 11.3 Å². The van der Waals surface area contributed by atoms with Gasteiger partial charge < -0.3 is 14.5 Å². The Morgan fingerprint density at radius 1 is 1.43 bits per heavy atom. The van der Waals surface area contributed by atoms with Crippen LogP contribution in [0.3, 0.4) is 0 Å². The van der Waals surface area contributed by atoms with Gasteiger partial charge >= 0.3 is 5.97 Å². The third kappa shape index (κ3) is 3.87. The van der Waals surface area contributed by atoms with Crippen molar-refractivity contribution in [2.45, 2.75) is 33.1 Å². The lowest BCUT2D eigenvalue weighted by Crippen LogP contribution is -2.21. The van der Waals surface area contributed by atoms with Crippen LogP contribution in [0.4, 0.5) is 5.00 Å². The number of benzene rings is 1. The Morgan fingerprint density at radius 3 is 3.00 bits per heavy atom. The van der Waals surface area contributed by atoms with Crippen molar-refractivity contribution in [3.63, 3.8) is 0 Å². The molecule has 0 saturated heterocycles. The van der Waals surface area contributed by atoms with E-state index in [9.17, 15) is 14.9 Å². The van der Waals surface area contributed by atoms with Crippen LogP contribution in [-0.2, 0) is 22.4 Å². The third-order valence-electron chi connectivity index (χ3n) is 5.29. The molecule has 0 fully saturated rings. The first-order valence-corrected chi connectivity index (χ1v) is 11.2. The molecule has 1 N–H and O–H groups in total. The largest absolute Gasteiger partial charge is 0.450 e. The first kappa shape index (κ1) is 20.6. The van der Waals surface area contributed by atoms with E-state index in [2.05, 4.69) is 34.2 Å². The summed E-state index contributed by atoms with van der Waals surface area (Å²) in [5, 5.41) is 13.6. The van der Waals surface area contributed by atoms with Crippen molar-refractivity contribution >= 4 is 55.1 Å². The minimum atomic E-state index is -0.699. The number of ether oxygens (including phenoxy) is 1. The predicted molar refractivity (Wildman–Crippen MR) is 118 cm³/mol. The summed E-state index contributed by atoms with van der Waals surface area (Å²) in [6.45, 7) is 3.50. The zero-order chi connectivity index (χ0) is 21.4. The third-order valence-corrected chi connectivity index (χ3v) is 6.96. The lowest BCUT2D eigenvalue weighted by molar-refractivity contribution is -0.119. The van der Waals surface area contributed by atoms with Crippen LogP contribution in [0.5, 0.6) is 0 Å². The van der Waals surface area contributed by atoms with Crippen molar-refractivity contribution in [3.05, 3.63) is 50.0 Å². The SMILES string of the molecule is Cc1c(C(=O)OCC(=O)Nc2sc3c(c2C#N)CCC(C)C3)oc2ccc(Br)cc12. The smallest absolute Gasteiger partial charge is 0.375 e. The Labute approximate surface area is 185 Å². The molecule has 1 amide bonds. The Balaban J connectivity index is 1.44. The number of esters is 1. The molecule has 1 unspecified atom stereocenters. The van der Waals surface area contributed by atoms with E-state index in [-0.39, 0.29) is 5.76 Å². The second-order valence-corrected chi connectivity index (χ2v) is 9.51. The van der Waals surface area contributed by atoms with Gasteiger partial charge in [0.15, 0.2) is 6.61 Å². The van der Waals surface area contributed by atoms with Crippen LogP contribution in [0.25, 0.3) is 11.0 Å². The van der Waals surface area contributed by atoms with Crippen molar-refractivity contribution in [1.82, 2.24) is 0 Å². The average molecular weight is 487 g/mol. The number of nitrogens with one attached hydrogen (secondary N) is 1. The maximum atomic E-state index is 12.4. The molecule has 1 aliphatic carbocycles. The summed E-state index contributed by atoms with van der Waals surface area (Å²) in [7, 11) is 0. The van der Waals surface area contributed by atoms with Crippen LogP contribution >= 0.6 is 27.3 Å². The summed E-state index contributed by atoms with van der Waals surface area (Å²) in [6, 6.07) is 7.66. The summed E-state index contributed by atoms with van der Waals surface area (Å²) in [4.78, 5) is 26.0. The fraction of sp³-hybridized carbons (Fsp3) is 0.318. The van der Waals surface area contributed by atoms with Crippen LogP contribution in [0, 0.1) is 24.2 Å². The summed E-state index contributed by atoms with van der Waals surface area (Å²) in [6.07, 6.45) is 2.81. The standard InChI is InChI=1S/C22H19BrN2O4S/c1-11-3-5-14-16(9-24)21(30-18(14)7-11)25-19(26)10-28-22(27)20-12(2)15-8-13(23)4-6-17(15)29-20/h4,6,8,11H,3,5,7,10H2,1-2H3,(H,25,26). The number of anilines is 1. The zero-order valence-corrected chi connectivity index (χ0v) is 18.9. The number of hydrogen-bond acceptors (Lipinski definition) is 6. The number of thiophene rings is 1. The molecule has 0 radical (unpaired) electrons. The van der Waals surface area contributed by atoms with Gasteiger partial charge in [-0.2, -0.15) is 5.26 Å². The molecule has 0 saturated carbocycles. The van der Waals surface area contributed by atoms with Crippen molar-refractivity contribution in [3.8, 4) is 6.07 Å². The number of halogens is 1. The highest BCUT2D eigenvalue weighted by Crippen LogP contribution is 2.39. The Morgan fingerprint density at radius 2 is 2.23 bits per heavy atom. The van der Waals surface area contributed by atoms with Gasteiger partial charge in [0.2, 0.25) is 5.76 Å². The maximum absolute atomic E-state index is 12.4. The Hall–Kier alpha value is -2.63. The van der Waals surface area contributed by atoms with E-state index in [0.717, 1.165) is 39.6 Å². The highest BCUT2D eigenvalue weighted by atomic mass is 79.9. The second kappa shape index (κ2) is 8.25. The molecule has 154 valence electrons. The van der Waals surface area contributed by atoms with E-state index >= 15 is 0 Å². The molecule has 0 aliphatic heterocycles. The first-order valence-electron chi connectivity index (χ1n) is 9.57. The van der Waals surface area contributed by atoms with Gasteiger partial charge in [-0.1, -0.05) is 22.9 Å². The molecular formula is C22H19BrN2O4S. The molecule has 2 heterocycles. The average Bonchev–Trinajstić information content (AvgIpc) is 3.22. The maximum Gasteiger partial charge on any atom is 0.375 e. The predicted octanol–water partition coefficient (Wildman–Crippen LogP) is 5.36. The van der Waals surface area contributed by atoms with E-state index in [1.54, 1.807) is 13.0 Å². The molecule has 0 bridgehead atoms. The molecule has 1 aliphatic rings. The fourth-order valence-corrected chi connectivity index (χ4v) is 5.44. The van der Waals surface area contributed by atoms with Crippen LogP contribution in [0.1, 0.15) is 45.5 Å². The molecule has 1 aromatic carbocycles. The molecule has 6 nitrogen and oxygen atoms in total. The molecule has 1 atom stereocenters. The molecular weight excluding hydrogens is 468 g/mol. The Bertz CT molecular complexity index is 1200. The quantitative estimate of drug-likeness (QED) is 0.501. The Kier molecular flexibility index (Phi) is 5.67. The zero-order valence-electron chi connectivity index (χ0n) is 16.5. The van der Waals surface area contributed by atoms with Gasteiger partial charge in [0.25, 0.3) is 5.91 Å². The van der Waals surface area contributed by atoms with Crippen LogP contribution < -0.4 is 5.32 Å².